The first-order chi connectivity index (χ1) is 7.26. The molecule has 1 unspecified atom stereocenters. The third-order valence-electron chi connectivity index (χ3n) is 2.20. The number of nitrogens with zero attached hydrogens (tertiary/aromatic N) is 1. The summed E-state index contributed by atoms with van der Waals surface area (Å²) in [7, 11) is 3.14. The SMILES string of the molecule is COc1ccc(OC)c(C(C#N)CN)c1. The molecule has 0 bridgehead atoms. The van der Waals surface area contributed by atoms with Gasteiger partial charge >= 0.3 is 0 Å². The van der Waals surface area contributed by atoms with E-state index in [1.54, 1.807) is 32.4 Å². The van der Waals surface area contributed by atoms with Crippen LogP contribution in [-0.4, -0.2) is 20.8 Å². The van der Waals surface area contributed by atoms with Crippen molar-refractivity contribution in [3.63, 3.8) is 0 Å². The summed E-state index contributed by atoms with van der Waals surface area (Å²) in [6.07, 6.45) is 0. The van der Waals surface area contributed by atoms with E-state index >= 15 is 0 Å². The number of benzene rings is 1. The smallest absolute Gasteiger partial charge is 0.123 e. The van der Waals surface area contributed by atoms with Crippen molar-refractivity contribution in [3.05, 3.63) is 23.8 Å². The van der Waals surface area contributed by atoms with Gasteiger partial charge in [-0.05, 0) is 18.2 Å². The quantitative estimate of drug-likeness (QED) is 0.805. The van der Waals surface area contributed by atoms with Crippen LogP contribution in [0.5, 0.6) is 11.5 Å². The monoisotopic (exact) mass is 206 g/mol. The Kier molecular flexibility index (Phi) is 3.95. The molecule has 1 rings (SSSR count). The van der Waals surface area contributed by atoms with E-state index in [4.69, 9.17) is 20.5 Å². The van der Waals surface area contributed by atoms with Crippen molar-refractivity contribution in [2.45, 2.75) is 5.92 Å². The highest BCUT2D eigenvalue weighted by molar-refractivity contribution is 5.44. The average Bonchev–Trinajstić information content (AvgIpc) is 2.30. The van der Waals surface area contributed by atoms with Gasteiger partial charge in [0.25, 0.3) is 0 Å². The second kappa shape index (κ2) is 5.23. The van der Waals surface area contributed by atoms with Crippen LogP contribution in [0.3, 0.4) is 0 Å². The zero-order chi connectivity index (χ0) is 11.3. The molecule has 0 amide bonds. The summed E-state index contributed by atoms with van der Waals surface area (Å²) >= 11 is 0. The van der Waals surface area contributed by atoms with E-state index in [0.717, 1.165) is 5.56 Å². The number of nitrogens with two attached hydrogens (primary N) is 1. The van der Waals surface area contributed by atoms with Crippen LogP contribution in [0.4, 0.5) is 0 Å². The molecule has 1 aromatic rings. The van der Waals surface area contributed by atoms with Crippen molar-refractivity contribution in [3.8, 4) is 17.6 Å². The minimum Gasteiger partial charge on any atom is -0.497 e. The fourth-order valence-electron chi connectivity index (χ4n) is 1.36. The minimum atomic E-state index is -0.366. The van der Waals surface area contributed by atoms with Gasteiger partial charge in [-0.15, -0.1) is 0 Å². The van der Waals surface area contributed by atoms with Crippen LogP contribution in [0.15, 0.2) is 18.2 Å². The fourth-order valence-corrected chi connectivity index (χ4v) is 1.36. The van der Waals surface area contributed by atoms with Crippen LogP contribution in [-0.2, 0) is 0 Å². The highest BCUT2D eigenvalue weighted by Gasteiger charge is 2.14. The highest BCUT2D eigenvalue weighted by Crippen LogP contribution is 2.29. The molecule has 4 heteroatoms. The molecule has 0 aliphatic heterocycles. The van der Waals surface area contributed by atoms with Gasteiger partial charge in [-0.3, -0.25) is 0 Å². The number of hydrogen-bond donors (Lipinski definition) is 1. The number of ether oxygens (including phenoxy) is 2. The van der Waals surface area contributed by atoms with Crippen molar-refractivity contribution >= 4 is 0 Å². The van der Waals surface area contributed by atoms with E-state index in [-0.39, 0.29) is 12.5 Å². The van der Waals surface area contributed by atoms with Crippen LogP contribution in [0, 0.1) is 11.3 Å². The molecule has 0 saturated carbocycles. The van der Waals surface area contributed by atoms with E-state index in [9.17, 15) is 0 Å². The van der Waals surface area contributed by atoms with Crippen LogP contribution < -0.4 is 15.2 Å². The number of hydrogen-bond acceptors (Lipinski definition) is 4. The molecule has 0 spiro atoms. The second-order valence-electron chi connectivity index (χ2n) is 3.03. The maximum atomic E-state index is 8.94. The summed E-state index contributed by atoms with van der Waals surface area (Å²) in [5.74, 6) is 0.988. The molecule has 0 aliphatic carbocycles. The van der Waals surface area contributed by atoms with Gasteiger partial charge in [0.2, 0.25) is 0 Å². The van der Waals surface area contributed by atoms with Gasteiger partial charge in [-0.1, -0.05) is 0 Å². The normalized spacial score (nSPS) is 11.6. The molecule has 0 heterocycles. The van der Waals surface area contributed by atoms with Crippen molar-refractivity contribution < 1.29 is 9.47 Å². The summed E-state index contributed by atoms with van der Waals surface area (Å²) in [6.45, 7) is 0.264. The van der Waals surface area contributed by atoms with Gasteiger partial charge in [0, 0.05) is 12.1 Å². The van der Waals surface area contributed by atoms with Gasteiger partial charge in [0.15, 0.2) is 0 Å². The fraction of sp³-hybridized carbons (Fsp3) is 0.364. The molecule has 1 aromatic carbocycles. The molecule has 0 fully saturated rings. The lowest BCUT2D eigenvalue weighted by Gasteiger charge is -2.13. The third kappa shape index (κ3) is 2.39. The summed E-state index contributed by atoms with van der Waals surface area (Å²) in [5, 5.41) is 8.94. The first-order valence-corrected chi connectivity index (χ1v) is 4.58. The van der Waals surface area contributed by atoms with Crippen LogP contribution >= 0.6 is 0 Å². The third-order valence-corrected chi connectivity index (χ3v) is 2.20. The van der Waals surface area contributed by atoms with E-state index in [1.165, 1.54) is 0 Å². The molecular weight excluding hydrogens is 192 g/mol. The number of nitriles is 1. The van der Waals surface area contributed by atoms with Gasteiger partial charge < -0.3 is 15.2 Å². The van der Waals surface area contributed by atoms with Gasteiger partial charge in [0.1, 0.15) is 11.5 Å². The Hall–Kier alpha value is -1.73. The highest BCUT2D eigenvalue weighted by atomic mass is 16.5. The lowest BCUT2D eigenvalue weighted by atomic mass is 9.99. The summed E-state index contributed by atoms with van der Waals surface area (Å²) in [4.78, 5) is 0. The van der Waals surface area contributed by atoms with Crippen molar-refractivity contribution in [1.29, 1.82) is 5.26 Å². The van der Waals surface area contributed by atoms with E-state index < -0.39 is 0 Å². The van der Waals surface area contributed by atoms with Crippen LogP contribution in [0.1, 0.15) is 11.5 Å². The Morgan fingerprint density at radius 3 is 2.60 bits per heavy atom. The van der Waals surface area contributed by atoms with Gasteiger partial charge in [0.05, 0.1) is 26.2 Å². The van der Waals surface area contributed by atoms with E-state index in [0.29, 0.717) is 11.5 Å². The molecule has 80 valence electrons. The standard InChI is InChI=1S/C11H14N2O2/c1-14-9-3-4-11(15-2)10(5-9)8(6-12)7-13/h3-5,8H,6,12H2,1-2H3. The molecule has 0 aromatic heterocycles. The zero-order valence-electron chi connectivity index (χ0n) is 8.86. The topological polar surface area (TPSA) is 68.3 Å². The molecule has 4 nitrogen and oxygen atoms in total. The minimum absolute atomic E-state index is 0.264. The molecule has 0 saturated heterocycles. The van der Waals surface area contributed by atoms with Gasteiger partial charge in [-0.25, -0.2) is 0 Å². The Labute approximate surface area is 89.2 Å². The predicted molar refractivity (Wildman–Crippen MR) is 57.0 cm³/mol. The molecule has 0 aliphatic rings. The predicted octanol–water partition coefficient (Wildman–Crippen LogP) is 1.27. The molecule has 15 heavy (non-hydrogen) atoms. The Morgan fingerprint density at radius 1 is 1.40 bits per heavy atom. The summed E-state index contributed by atoms with van der Waals surface area (Å²) < 4.78 is 10.3. The largest absolute Gasteiger partial charge is 0.497 e. The first kappa shape index (κ1) is 11.3. The van der Waals surface area contributed by atoms with E-state index in [1.807, 2.05) is 0 Å². The second-order valence-corrected chi connectivity index (χ2v) is 3.03. The van der Waals surface area contributed by atoms with Gasteiger partial charge in [-0.2, -0.15) is 5.26 Å². The molecule has 2 N–H and O–H groups in total. The molecule has 0 radical (unpaired) electrons. The molecule has 1 atom stereocenters. The van der Waals surface area contributed by atoms with Crippen molar-refractivity contribution in [2.24, 2.45) is 5.73 Å². The zero-order valence-corrected chi connectivity index (χ0v) is 8.86. The first-order valence-electron chi connectivity index (χ1n) is 4.58. The lowest BCUT2D eigenvalue weighted by Crippen LogP contribution is -2.11. The Bertz CT molecular complexity index is 371. The molecular formula is C11H14N2O2. The number of methoxy groups -OCH3 is 2. The van der Waals surface area contributed by atoms with E-state index in [2.05, 4.69) is 6.07 Å². The maximum Gasteiger partial charge on any atom is 0.123 e. The van der Waals surface area contributed by atoms with Crippen molar-refractivity contribution in [1.82, 2.24) is 0 Å². The number of rotatable bonds is 4. The summed E-state index contributed by atoms with van der Waals surface area (Å²) in [5.41, 5.74) is 6.28. The summed E-state index contributed by atoms with van der Waals surface area (Å²) in [6, 6.07) is 7.47. The van der Waals surface area contributed by atoms with Crippen molar-refractivity contribution in [2.75, 3.05) is 20.8 Å². The van der Waals surface area contributed by atoms with Crippen LogP contribution in [0.2, 0.25) is 0 Å². The Balaban J connectivity index is 3.17. The Morgan fingerprint density at radius 2 is 2.13 bits per heavy atom. The lowest BCUT2D eigenvalue weighted by molar-refractivity contribution is 0.397. The van der Waals surface area contributed by atoms with Crippen LogP contribution in [0.25, 0.3) is 0 Å². The maximum absolute atomic E-state index is 8.94. The average molecular weight is 206 g/mol.